The lowest BCUT2D eigenvalue weighted by Gasteiger charge is -2.44. The molecule has 1 aliphatic carbocycles. The van der Waals surface area contributed by atoms with Crippen molar-refractivity contribution in [3.8, 4) is 0 Å². The van der Waals surface area contributed by atoms with Crippen molar-refractivity contribution in [2.75, 3.05) is 32.8 Å². The highest BCUT2D eigenvalue weighted by Crippen LogP contribution is 2.28. The van der Waals surface area contributed by atoms with Crippen LogP contribution in [-0.4, -0.2) is 49.3 Å². The molecule has 0 spiro atoms. The van der Waals surface area contributed by atoms with Gasteiger partial charge >= 0.3 is 0 Å². The summed E-state index contributed by atoms with van der Waals surface area (Å²) in [6.45, 7) is 12.1. The van der Waals surface area contributed by atoms with Crippen LogP contribution in [0.3, 0.4) is 0 Å². The van der Waals surface area contributed by atoms with Crippen LogP contribution >= 0.6 is 0 Å². The molecule has 2 rings (SSSR count). The highest BCUT2D eigenvalue weighted by atomic mass is 16.5. The van der Waals surface area contributed by atoms with Crippen LogP contribution in [0.2, 0.25) is 0 Å². The Labute approximate surface area is 119 Å². The Morgan fingerprint density at radius 3 is 2.74 bits per heavy atom. The number of rotatable bonds is 4. The second-order valence-corrected chi connectivity index (χ2v) is 6.87. The van der Waals surface area contributed by atoms with E-state index in [4.69, 9.17) is 4.74 Å². The number of hydrogen-bond donors (Lipinski definition) is 1. The van der Waals surface area contributed by atoms with Gasteiger partial charge in [-0.2, -0.15) is 0 Å². The van der Waals surface area contributed by atoms with Crippen LogP contribution in [0.5, 0.6) is 0 Å². The van der Waals surface area contributed by atoms with E-state index < -0.39 is 0 Å². The van der Waals surface area contributed by atoms with E-state index in [9.17, 15) is 0 Å². The topological polar surface area (TPSA) is 24.5 Å². The quantitative estimate of drug-likeness (QED) is 0.793. The van der Waals surface area contributed by atoms with E-state index in [1.165, 1.54) is 38.6 Å². The van der Waals surface area contributed by atoms with Gasteiger partial charge in [-0.25, -0.2) is 0 Å². The van der Waals surface area contributed by atoms with Gasteiger partial charge in [-0.05, 0) is 39.2 Å². The smallest absolute Gasteiger partial charge is 0.0645 e. The minimum atomic E-state index is 0.210. The third-order valence-corrected chi connectivity index (χ3v) is 4.90. The maximum atomic E-state index is 5.65. The van der Waals surface area contributed by atoms with Crippen LogP contribution in [0.4, 0.5) is 0 Å². The monoisotopic (exact) mass is 268 g/mol. The summed E-state index contributed by atoms with van der Waals surface area (Å²) >= 11 is 0. The van der Waals surface area contributed by atoms with Crippen molar-refractivity contribution in [2.45, 2.75) is 64.5 Å². The summed E-state index contributed by atoms with van der Waals surface area (Å²) in [4.78, 5) is 2.66. The third-order valence-electron chi connectivity index (χ3n) is 4.90. The molecule has 112 valence electrons. The zero-order valence-corrected chi connectivity index (χ0v) is 13.1. The fourth-order valence-electron chi connectivity index (χ4n) is 3.65. The lowest BCUT2D eigenvalue weighted by Crippen LogP contribution is -2.56. The third kappa shape index (κ3) is 4.17. The Hall–Kier alpha value is -0.120. The van der Waals surface area contributed by atoms with E-state index in [1.54, 1.807) is 0 Å². The van der Waals surface area contributed by atoms with Gasteiger partial charge in [0.15, 0.2) is 0 Å². The molecule has 1 heterocycles. The van der Waals surface area contributed by atoms with Crippen LogP contribution in [0.25, 0.3) is 0 Å². The Morgan fingerprint density at radius 2 is 2.00 bits per heavy atom. The van der Waals surface area contributed by atoms with Crippen molar-refractivity contribution in [1.29, 1.82) is 0 Å². The molecule has 19 heavy (non-hydrogen) atoms. The van der Waals surface area contributed by atoms with E-state index in [-0.39, 0.29) is 5.54 Å². The summed E-state index contributed by atoms with van der Waals surface area (Å²) < 4.78 is 5.65. The molecule has 0 aromatic carbocycles. The minimum absolute atomic E-state index is 0.210. The molecule has 0 radical (unpaired) electrons. The molecular formula is C16H32N2O. The Balaban J connectivity index is 1.97. The van der Waals surface area contributed by atoms with Crippen LogP contribution in [0, 0.1) is 5.92 Å². The molecule has 0 amide bonds. The number of morpholine rings is 1. The van der Waals surface area contributed by atoms with Crippen molar-refractivity contribution in [3.05, 3.63) is 0 Å². The molecule has 1 N–H and O–H groups in total. The Kier molecular flexibility index (Phi) is 5.67. The summed E-state index contributed by atoms with van der Waals surface area (Å²) in [5.74, 6) is 0.819. The maximum Gasteiger partial charge on any atom is 0.0645 e. The van der Waals surface area contributed by atoms with Gasteiger partial charge in [0.1, 0.15) is 0 Å². The van der Waals surface area contributed by atoms with Crippen molar-refractivity contribution in [3.63, 3.8) is 0 Å². The van der Waals surface area contributed by atoms with Crippen molar-refractivity contribution in [1.82, 2.24) is 10.2 Å². The van der Waals surface area contributed by atoms with Crippen LogP contribution in [0.15, 0.2) is 0 Å². The van der Waals surface area contributed by atoms with Gasteiger partial charge in [0.2, 0.25) is 0 Å². The maximum absolute atomic E-state index is 5.65. The first-order valence-corrected chi connectivity index (χ1v) is 8.19. The molecule has 3 nitrogen and oxygen atoms in total. The highest BCUT2D eigenvalue weighted by molar-refractivity contribution is 4.89. The average Bonchev–Trinajstić information content (AvgIpc) is 2.58. The second-order valence-electron chi connectivity index (χ2n) is 6.87. The van der Waals surface area contributed by atoms with Gasteiger partial charge in [0.25, 0.3) is 0 Å². The van der Waals surface area contributed by atoms with E-state index in [0.717, 1.165) is 38.3 Å². The Bertz CT molecular complexity index is 267. The van der Waals surface area contributed by atoms with E-state index in [0.29, 0.717) is 0 Å². The second kappa shape index (κ2) is 7.05. The van der Waals surface area contributed by atoms with Crippen LogP contribution in [-0.2, 0) is 4.74 Å². The molecule has 2 fully saturated rings. The summed E-state index contributed by atoms with van der Waals surface area (Å²) in [5, 5.41) is 3.73. The molecule has 2 aliphatic rings. The first-order chi connectivity index (χ1) is 9.13. The molecule has 0 aromatic rings. The standard InChI is InChI=1S/C16H32N2O/c1-4-17-15-9-7-5-6-8-14(15)12-18-10-11-19-13-16(18,2)3/h14-15,17H,4-13H2,1-3H3. The van der Waals surface area contributed by atoms with E-state index >= 15 is 0 Å². The van der Waals surface area contributed by atoms with Gasteiger partial charge in [-0.3, -0.25) is 4.90 Å². The molecule has 1 saturated carbocycles. The molecule has 1 saturated heterocycles. The van der Waals surface area contributed by atoms with Crippen LogP contribution in [0.1, 0.15) is 52.9 Å². The molecule has 0 bridgehead atoms. The number of ether oxygens (including phenoxy) is 1. The van der Waals surface area contributed by atoms with Gasteiger partial charge in [0, 0.05) is 24.7 Å². The van der Waals surface area contributed by atoms with E-state index in [1.807, 2.05) is 0 Å². The predicted octanol–water partition coefficient (Wildman–Crippen LogP) is 2.66. The molecule has 2 atom stereocenters. The predicted molar refractivity (Wildman–Crippen MR) is 80.5 cm³/mol. The zero-order valence-electron chi connectivity index (χ0n) is 13.1. The summed E-state index contributed by atoms with van der Waals surface area (Å²) in [6.07, 6.45) is 7.00. The fourth-order valence-corrected chi connectivity index (χ4v) is 3.65. The lowest BCUT2D eigenvalue weighted by molar-refractivity contribution is -0.0595. The van der Waals surface area contributed by atoms with Gasteiger partial charge in [0.05, 0.1) is 13.2 Å². The van der Waals surface area contributed by atoms with Crippen molar-refractivity contribution < 1.29 is 4.74 Å². The molecule has 1 aliphatic heterocycles. The summed E-state index contributed by atoms with van der Waals surface area (Å²) in [6, 6.07) is 0.728. The molecular weight excluding hydrogens is 236 g/mol. The number of nitrogens with one attached hydrogen (secondary N) is 1. The van der Waals surface area contributed by atoms with Gasteiger partial charge < -0.3 is 10.1 Å². The lowest BCUT2D eigenvalue weighted by atomic mass is 9.91. The SMILES string of the molecule is CCNC1CCCCCC1CN1CCOCC1(C)C. The summed E-state index contributed by atoms with van der Waals surface area (Å²) in [5.41, 5.74) is 0.210. The Morgan fingerprint density at radius 1 is 1.21 bits per heavy atom. The van der Waals surface area contributed by atoms with Crippen LogP contribution < -0.4 is 5.32 Å². The van der Waals surface area contributed by atoms with Gasteiger partial charge in [-0.15, -0.1) is 0 Å². The first kappa shape index (κ1) is 15.3. The largest absolute Gasteiger partial charge is 0.378 e. The average molecular weight is 268 g/mol. The number of nitrogens with zero attached hydrogens (tertiary/aromatic N) is 1. The zero-order chi connectivity index (χ0) is 13.7. The molecule has 0 aromatic heterocycles. The molecule has 3 heteroatoms. The van der Waals surface area contributed by atoms with Crippen molar-refractivity contribution in [2.24, 2.45) is 5.92 Å². The summed E-state index contributed by atoms with van der Waals surface area (Å²) in [7, 11) is 0. The highest BCUT2D eigenvalue weighted by Gasteiger charge is 2.34. The fraction of sp³-hybridized carbons (Fsp3) is 1.00. The minimum Gasteiger partial charge on any atom is -0.378 e. The normalized spacial score (nSPS) is 33.0. The first-order valence-electron chi connectivity index (χ1n) is 8.19. The number of hydrogen-bond acceptors (Lipinski definition) is 3. The van der Waals surface area contributed by atoms with E-state index in [2.05, 4.69) is 31.0 Å². The van der Waals surface area contributed by atoms with Gasteiger partial charge in [-0.1, -0.05) is 26.2 Å². The van der Waals surface area contributed by atoms with Crippen molar-refractivity contribution >= 4 is 0 Å². The molecule has 2 unspecified atom stereocenters.